The van der Waals surface area contributed by atoms with Gasteiger partial charge in [-0.1, -0.05) is 28.9 Å². The summed E-state index contributed by atoms with van der Waals surface area (Å²) in [7, 11) is 0. The number of nitrogens with zero attached hydrogens (tertiary/aromatic N) is 3. The predicted octanol–water partition coefficient (Wildman–Crippen LogP) is 3.65. The highest BCUT2D eigenvalue weighted by molar-refractivity contribution is 6.33. The van der Waals surface area contributed by atoms with Crippen LogP contribution in [-0.4, -0.2) is 21.0 Å². The maximum absolute atomic E-state index is 11.7. The van der Waals surface area contributed by atoms with Gasteiger partial charge in [-0.3, -0.25) is 10.1 Å². The number of halogens is 1. The summed E-state index contributed by atoms with van der Waals surface area (Å²) in [5.74, 6) is -0.611. The Labute approximate surface area is 151 Å². The lowest BCUT2D eigenvalue weighted by Gasteiger charge is -1.97. The normalized spacial score (nSPS) is 11.0. The average Bonchev–Trinajstić information content (AvgIpc) is 3.28. The first-order valence-electron chi connectivity index (χ1n) is 7.19. The SMILES string of the molecule is O=C(/C=C/c1ccc([N+](=O)[O-])o1)OCc1nc(-c2ccccc2Cl)no1. The van der Waals surface area contributed by atoms with Crippen molar-refractivity contribution in [2.75, 3.05) is 0 Å². The molecule has 1 aromatic carbocycles. The summed E-state index contributed by atoms with van der Waals surface area (Å²) < 4.78 is 14.8. The summed E-state index contributed by atoms with van der Waals surface area (Å²) in [4.78, 5) is 25.6. The van der Waals surface area contributed by atoms with Crippen LogP contribution in [0.3, 0.4) is 0 Å². The average molecular weight is 376 g/mol. The van der Waals surface area contributed by atoms with Crippen LogP contribution >= 0.6 is 11.6 Å². The first-order chi connectivity index (χ1) is 12.5. The molecule has 3 rings (SSSR count). The number of hydrogen-bond acceptors (Lipinski definition) is 8. The van der Waals surface area contributed by atoms with Crippen LogP contribution < -0.4 is 0 Å². The zero-order valence-corrected chi connectivity index (χ0v) is 13.8. The van der Waals surface area contributed by atoms with Crippen molar-refractivity contribution >= 4 is 29.5 Å². The number of nitro groups is 1. The highest BCUT2D eigenvalue weighted by Gasteiger charge is 2.13. The maximum atomic E-state index is 11.7. The molecule has 2 heterocycles. The minimum Gasteiger partial charge on any atom is -0.452 e. The van der Waals surface area contributed by atoms with E-state index in [9.17, 15) is 14.9 Å². The second-order valence-corrected chi connectivity index (χ2v) is 5.27. The molecule has 9 nitrogen and oxygen atoms in total. The molecular formula is C16H10ClN3O6. The van der Waals surface area contributed by atoms with Gasteiger partial charge in [0, 0.05) is 11.6 Å². The Balaban J connectivity index is 1.57. The number of furan rings is 1. The van der Waals surface area contributed by atoms with E-state index < -0.39 is 16.8 Å². The second-order valence-electron chi connectivity index (χ2n) is 4.87. The van der Waals surface area contributed by atoms with Crippen LogP contribution in [0.25, 0.3) is 17.5 Å². The van der Waals surface area contributed by atoms with Gasteiger partial charge in [0.25, 0.3) is 5.89 Å². The molecule has 0 radical (unpaired) electrons. The van der Waals surface area contributed by atoms with Crippen molar-refractivity contribution in [1.29, 1.82) is 0 Å². The van der Waals surface area contributed by atoms with Gasteiger partial charge in [-0.15, -0.1) is 0 Å². The molecule has 0 fully saturated rings. The third-order valence-corrected chi connectivity index (χ3v) is 3.43. The van der Waals surface area contributed by atoms with Gasteiger partial charge in [-0.05, 0) is 24.3 Å². The molecule has 26 heavy (non-hydrogen) atoms. The van der Waals surface area contributed by atoms with Gasteiger partial charge in [0.2, 0.25) is 5.82 Å². The summed E-state index contributed by atoms with van der Waals surface area (Å²) in [5.41, 5.74) is 0.592. The highest BCUT2D eigenvalue weighted by Crippen LogP contribution is 2.25. The molecule has 3 aromatic rings. The third-order valence-electron chi connectivity index (χ3n) is 3.10. The van der Waals surface area contributed by atoms with Crippen molar-refractivity contribution in [2.24, 2.45) is 0 Å². The molecule has 0 bridgehead atoms. The Morgan fingerprint density at radius 3 is 2.85 bits per heavy atom. The van der Waals surface area contributed by atoms with Crippen LogP contribution in [0.5, 0.6) is 0 Å². The minimum absolute atomic E-state index is 0.0929. The molecule has 0 aliphatic carbocycles. The van der Waals surface area contributed by atoms with Crippen molar-refractivity contribution in [1.82, 2.24) is 10.1 Å². The van der Waals surface area contributed by atoms with Crippen molar-refractivity contribution in [3.63, 3.8) is 0 Å². The van der Waals surface area contributed by atoms with Crippen LogP contribution in [-0.2, 0) is 16.1 Å². The molecule has 132 valence electrons. The van der Waals surface area contributed by atoms with Crippen LogP contribution in [0.4, 0.5) is 5.88 Å². The predicted molar refractivity (Wildman–Crippen MR) is 88.9 cm³/mol. The van der Waals surface area contributed by atoms with Gasteiger partial charge >= 0.3 is 11.9 Å². The van der Waals surface area contributed by atoms with E-state index in [1.807, 2.05) is 0 Å². The van der Waals surface area contributed by atoms with E-state index in [0.717, 1.165) is 6.08 Å². The van der Waals surface area contributed by atoms with Gasteiger partial charge in [0.15, 0.2) is 6.61 Å². The molecule has 0 aliphatic rings. The molecule has 0 spiro atoms. The number of benzene rings is 1. The fourth-order valence-corrected chi connectivity index (χ4v) is 2.15. The van der Waals surface area contributed by atoms with E-state index >= 15 is 0 Å². The second kappa shape index (κ2) is 7.62. The summed E-state index contributed by atoms with van der Waals surface area (Å²) in [6.45, 7) is -0.237. The summed E-state index contributed by atoms with van der Waals surface area (Å²) in [5, 5.41) is 14.7. The van der Waals surface area contributed by atoms with Crippen LogP contribution in [0.2, 0.25) is 5.02 Å². The van der Waals surface area contributed by atoms with Gasteiger partial charge < -0.3 is 13.7 Å². The molecule has 0 aliphatic heterocycles. The van der Waals surface area contributed by atoms with Crippen molar-refractivity contribution in [3.8, 4) is 11.4 Å². The van der Waals surface area contributed by atoms with E-state index in [4.69, 9.17) is 25.3 Å². The minimum atomic E-state index is -0.707. The van der Waals surface area contributed by atoms with Gasteiger partial charge in [0.05, 0.1) is 11.1 Å². The molecular weight excluding hydrogens is 366 g/mol. The van der Waals surface area contributed by atoms with Gasteiger partial charge in [-0.25, -0.2) is 4.79 Å². The molecule has 0 atom stereocenters. The van der Waals surface area contributed by atoms with Crippen LogP contribution in [0, 0.1) is 10.1 Å². The summed E-state index contributed by atoms with van der Waals surface area (Å²) >= 11 is 6.05. The number of hydrogen-bond donors (Lipinski definition) is 0. The summed E-state index contributed by atoms with van der Waals surface area (Å²) in [6.07, 6.45) is 2.31. The molecule has 0 unspecified atom stereocenters. The quantitative estimate of drug-likeness (QED) is 0.277. The van der Waals surface area contributed by atoms with Crippen LogP contribution in [0.15, 0.2) is 51.4 Å². The number of carbonyl (C=O) groups excluding carboxylic acids is 1. The smallest absolute Gasteiger partial charge is 0.433 e. The summed E-state index contributed by atoms with van der Waals surface area (Å²) in [6, 6.07) is 9.51. The molecule has 0 N–H and O–H groups in total. The fourth-order valence-electron chi connectivity index (χ4n) is 1.93. The zero-order chi connectivity index (χ0) is 18.5. The Morgan fingerprint density at radius 2 is 2.12 bits per heavy atom. The number of ether oxygens (including phenoxy) is 1. The molecule has 0 saturated heterocycles. The Bertz CT molecular complexity index is 978. The Kier molecular flexibility index (Phi) is 5.09. The largest absolute Gasteiger partial charge is 0.452 e. The first-order valence-corrected chi connectivity index (χ1v) is 7.57. The zero-order valence-electron chi connectivity index (χ0n) is 13.0. The first kappa shape index (κ1) is 17.4. The van der Waals surface area contributed by atoms with Gasteiger partial charge in [-0.2, -0.15) is 4.98 Å². The number of aromatic nitrogens is 2. The number of carbonyl (C=O) groups is 1. The standard InChI is InChI=1S/C16H10ClN3O6/c17-12-4-2-1-3-11(12)16-18-13(26-19-16)9-24-15(21)8-6-10-5-7-14(25-10)20(22)23/h1-8H,9H2/b8-6+. The van der Waals surface area contributed by atoms with Crippen molar-refractivity contribution in [2.45, 2.75) is 6.61 Å². The highest BCUT2D eigenvalue weighted by atomic mass is 35.5. The van der Waals surface area contributed by atoms with E-state index in [1.54, 1.807) is 24.3 Å². The Morgan fingerprint density at radius 1 is 1.31 bits per heavy atom. The maximum Gasteiger partial charge on any atom is 0.433 e. The van der Waals surface area contributed by atoms with E-state index in [1.165, 1.54) is 18.2 Å². The van der Waals surface area contributed by atoms with E-state index in [2.05, 4.69) is 10.1 Å². The van der Waals surface area contributed by atoms with E-state index in [-0.39, 0.29) is 24.1 Å². The topological polar surface area (TPSA) is 122 Å². The van der Waals surface area contributed by atoms with Crippen molar-refractivity contribution in [3.05, 3.63) is 69.3 Å². The molecule has 2 aromatic heterocycles. The lowest BCUT2D eigenvalue weighted by molar-refractivity contribution is -0.402. The molecule has 0 saturated carbocycles. The third kappa shape index (κ3) is 4.14. The number of esters is 1. The lowest BCUT2D eigenvalue weighted by Crippen LogP contribution is -2.00. The fraction of sp³-hybridized carbons (Fsp3) is 0.0625. The van der Waals surface area contributed by atoms with Gasteiger partial charge in [0.1, 0.15) is 10.7 Å². The lowest BCUT2D eigenvalue weighted by atomic mass is 10.2. The van der Waals surface area contributed by atoms with Crippen molar-refractivity contribution < 1.29 is 23.4 Å². The van der Waals surface area contributed by atoms with E-state index in [0.29, 0.717) is 10.6 Å². The molecule has 0 amide bonds. The molecule has 10 heteroatoms. The monoisotopic (exact) mass is 375 g/mol. The number of rotatable bonds is 6. The van der Waals surface area contributed by atoms with Crippen LogP contribution in [0.1, 0.15) is 11.7 Å². The Hall–Kier alpha value is -3.46.